The van der Waals surface area contributed by atoms with Crippen molar-refractivity contribution in [2.45, 2.75) is 42.0 Å². The average Bonchev–Trinajstić information content (AvgIpc) is 3.11. The van der Waals surface area contributed by atoms with Crippen LogP contribution in [0.2, 0.25) is 0 Å². The highest BCUT2D eigenvalue weighted by molar-refractivity contribution is 9.10. The Morgan fingerprint density at radius 1 is 1.19 bits per heavy atom. The summed E-state index contributed by atoms with van der Waals surface area (Å²) in [6, 6.07) is 10.9. The van der Waals surface area contributed by atoms with E-state index in [0.717, 1.165) is 11.3 Å². The molecule has 0 spiro atoms. The van der Waals surface area contributed by atoms with Gasteiger partial charge in [-0.25, -0.2) is 18.2 Å². The number of ether oxygens (including phenoxy) is 1. The first-order valence-electron chi connectivity index (χ1n) is 9.57. The van der Waals surface area contributed by atoms with Crippen molar-refractivity contribution >= 4 is 43.2 Å². The van der Waals surface area contributed by atoms with Crippen LogP contribution in [0.5, 0.6) is 0 Å². The van der Waals surface area contributed by atoms with Crippen LogP contribution in [-0.4, -0.2) is 37.0 Å². The van der Waals surface area contributed by atoms with E-state index in [4.69, 9.17) is 4.74 Å². The van der Waals surface area contributed by atoms with Crippen molar-refractivity contribution in [3.8, 4) is 11.1 Å². The quantitative estimate of drug-likeness (QED) is 0.376. The van der Waals surface area contributed by atoms with Crippen molar-refractivity contribution in [1.82, 2.24) is 9.88 Å². The minimum Gasteiger partial charge on any atom is -0.444 e. The van der Waals surface area contributed by atoms with E-state index >= 15 is 0 Å². The van der Waals surface area contributed by atoms with Crippen LogP contribution in [0.4, 0.5) is 9.18 Å². The molecule has 0 aliphatic carbocycles. The third kappa shape index (κ3) is 5.54. The number of hydrogen-bond donors (Lipinski definition) is 0. The monoisotopic (exact) mass is 540 g/mol. The summed E-state index contributed by atoms with van der Waals surface area (Å²) in [5.41, 5.74) is -0.392. The van der Waals surface area contributed by atoms with Gasteiger partial charge in [0.2, 0.25) is 15.8 Å². The molecule has 2 heterocycles. The molecule has 32 heavy (non-hydrogen) atoms. The molecule has 0 saturated carbocycles. The van der Waals surface area contributed by atoms with E-state index in [-0.39, 0.29) is 26.8 Å². The third-order valence-corrected chi connectivity index (χ3v) is 8.15. The minimum atomic E-state index is -3.96. The van der Waals surface area contributed by atoms with Gasteiger partial charge in [0, 0.05) is 33.7 Å². The molecule has 0 aliphatic rings. The van der Waals surface area contributed by atoms with Crippen molar-refractivity contribution in [2.24, 2.45) is 0 Å². The SMILES string of the molecule is CN(Cc1cc(-c2cccnc2F)c(S(=O)(=O)c2cccc(Br)c2)s1)C(=O)OC(C)(C)C. The molecule has 0 saturated heterocycles. The van der Waals surface area contributed by atoms with E-state index in [1.54, 1.807) is 46.0 Å². The van der Waals surface area contributed by atoms with E-state index in [2.05, 4.69) is 20.9 Å². The fourth-order valence-corrected chi connectivity index (χ4v) is 6.62. The Morgan fingerprint density at radius 3 is 2.53 bits per heavy atom. The molecule has 0 radical (unpaired) electrons. The van der Waals surface area contributed by atoms with Gasteiger partial charge < -0.3 is 9.64 Å². The molecule has 6 nitrogen and oxygen atoms in total. The zero-order valence-corrected chi connectivity index (χ0v) is 21.1. The summed E-state index contributed by atoms with van der Waals surface area (Å²) < 4.78 is 47.4. The number of amides is 1. The van der Waals surface area contributed by atoms with Crippen LogP contribution >= 0.6 is 27.3 Å². The van der Waals surface area contributed by atoms with Gasteiger partial charge in [-0.15, -0.1) is 11.3 Å². The van der Waals surface area contributed by atoms with Gasteiger partial charge in [0.05, 0.1) is 11.4 Å². The molecule has 3 aromatic rings. The van der Waals surface area contributed by atoms with Crippen LogP contribution in [0.3, 0.4) is 0 Å². The average molecular weight is 541 g/mol. The number of halogens is 2. The summed E-state index contributed by atoms with van der Waals surface area (Å²) in [6.45, 7) is 5.38. The summed E-state index contributed by atoms with van der Waals surface area (Å²) in [7, 11) is -2.41. The maximum Gasteiger partial charge on any atom is 0.410 e. The smallest absolute Gasteiger partial charge is 0.410 e. The molecule has 0 fully saturated rings. The summed E-state index contributed by atoms with van der Waals surface area (Å²) in [5.74, 6) is -0.775. The van der Waals surface area contributed by atoms with Gasteiger partial charge in [0.15, 0.2) is 0 Å². The molecular weight excluding hydrogens is 519 g/mol. The predicted molar refractivity (Wildman–Crippen MR) is 125 cm³/mol. The molecule has 0 unspecified atom stereocenters. The molecule has 2 aromatic heterocycles. The first kappa shape index (κ1) is 24.3. The van der Waals surface area contributed by atoms with Crippen molar-refractivity contribution in [2.75, 3.05) is 7.05 Å². The molecular formula is C22H22BrFN2O4S2. The van der Waals surface area contributed by atoms with Gasteiger partial charge in [-0.3, -0.25) is 0 Å². The lowest BCUT2D eigenvalue weighted by molar-refractivity contribution is 0.0286. The highest BCUT2D eigenvalue weighted by atomic mass is 79.9. The van der Waals surface area contributed by atoms with Crippen molar-refractivity contribution in [1.29, 1.82) is 0 Å². The highest BCUT2D eigenvalue weighted by Gasteiger charge is 2.28. The second-order valence-corrected chi connectivity index (χ2v) is 12.3. The van der Waals surface area contributed by atoms with Crippen LogP contribution in [0.25, 0.3) is 11.1 Å². The van der Waals surface area contributed by atoms with E-state index in [1.165, 1.54) is 35.4 Å². The Bertz CT molecular complexity index is 1250. The minimum absolute atomic E-state index is 0.0184. The van der Waals surface area contributed by atoms with E-state index in [0.29, 0.717) is 9.35 Å². The maximum atomic E-state index is 14.5. The first-order valence-corrected chi connectivity index (χ1v) is 12.7. The second kappa shape index (κ2) is 9.29. The molecule has 0 N–H and O–H groups in total. The lowest BCUT2D eigenvalue weighted by Gasteiger charge is -2.24. The molecule has 1 amide bonds. The van der Waals surface area contributed by atoms with Crippen LogP contribution in [0, 0.1) is 5.95 Å². The summed E-state index contributed by atoms with van der Waals surface area (Å²) in [5, 5.41) is 0. The topological polar surface area (TPSA) is 76.6 Å². The number of hydrogen-bond acceptors (Lipinski definition) is 6. The lowest BCUT2D eigenvalue weighted by Crippen LogP contribution is -2.33. The number of nitrogens with zero attached hydrogens (tertiary/aromatic N) is 2. The largest absolute Gasteiger partial charge is 0.444 e. The third-order valence-electron chi connectivity index (χ3n) is 4.25. The molecule has 170 valence electrons. The summed E-state index contributed by atoms with van der Waals surface area (Å²) in [4.78, 5) is 18.0. The molecule has 1 aromatic carbocycles. The molecule has 0 atom stereocenters. The Morgan fingerprint density at radius 2 is 1.91 bits per heavy atom. The van der Waals surface area contributed by atoms with Gasteiger partial charge >= 0.3 is 6.09 Å². The van der Waals surface area contributed by atoms with E-state index < -0.39 is 27.5 Å². The zero-order chi connectivity index (χ0) is 23.7. The standard InChI is InChI=1S/C22H22BrFN2O4S2/c1-22(2,3)30-21(27)26(4)13-15-12-18(17-9-6-10-25-19(17)24)20(31-15)32(28,29)16-8-5-7-14(23)11-16/h5-12H,13H2,1-4H3. The van der Waals surface area contributed by atoms with Crippen LogP contribution in [-0.2, 0) is 21.1 Å². The number of benzene rings is 1. The molecule has 3 rings (SSSR count). The van der Waals surface area contributed by atoms with E-state index in [9.17, 15) is 17.6 Å². The van der Waals surface area contributed by atoms with Gasteiger partial charge in [0.25, 0.3) is 0 Å². The van der Waals surface area contributed by atoms with Gasteiger partial charge in [-0.1, -0.05) is 22.0 Å². The fourth-order valence-electron chi connectivity index (χ4n) is 2.85. The summed E-state index contributed by atoms with van der Waals surface area (Å²) in [6.07, 6.45) is 0.752. The first-order chi connectivity index (χ1) is 14.9. The number of pyridine rings is 1. The number of thiophene rings is 1. The number of sulfone groups is 1. The number of rotatable bonds is 5. The molecule has 10 heteroatoms. The van der Waals surface area contributed by atoms with Gasteiger partial charge in [-0.2, -0.15) is 4.39 Å². The van der Waals surface area contributed by atoms with Crippen LogP contribution < -0.4 is 0 Å². The second-order valence-electron chi connectivity index (χ2n) is 8.05. The van der Waals surface area contributed by atoms with Crippen LogP contribution in [0.15, 0.2) is 62.2 Å². The Kier molecular flexibility index (Phi) is 7.06. The highest BCUT2D eigenvalue weighted by Crippen LogP contribution is 2.39. The Balaban J connectivity index is 2.07. The normalized spacial score (nSPS) is 11.9. The van der Waals surface area contributed by atoms with Gasteiger partial charge in [-0.05, 0) is 57.2 Å². The number of aromatic nitrogens is 1. The van der Waals surface area contributed by atoms with Crippen LogP contribution in [0.1, 0.15) is 25.6 Å². The van der Waals surface area contributed by atoms with Crippen molar-refractivity contribution < 1.29 is 22.3 Å². The number of carbonyl (C=O) groups excluding carboxylic acids is 1. The summed E-state index contributed by atoms with van der Waals surface area (Å²) >= 11 is 4.28. The Labute approximate surface area is 199 Å². The molecule has 0 aliphatic heterocycles. The molecule has 0 bridgehead atoms. The Hall–Kier alpha value is -2.30. The fraction of sp³-hybridized carbons (Fsp3) is 0.273. The van der Waals surface area contributed by atoms with E-state index in [1.807, 2.05) is 0 Å². The van der Waals surface area contributed by atoms with Crippen molar-refractivity contribution in [3.05, 3.63) is 64.0 Å². The maximum absolute atomic E-state index is 14.5. The predicted octanol–water partition coefficient (Wildman–Crippen LogP) is 5.91. The van der Waals surface area contributed by atoms with Gasteiger partial charge in [0.1, 0.15) is 9.81 Å². The lowest BCUT2D eigenvalue weighted by atomic mass is 10.1. The number of carbonyl (C=O) groups is 1. The zero-order valence-electron chi connectivity index (χ0n) is 17.9. The van der Waals surface area contributed by atoms with Crippen molar-refractivity contribution in [3.63, 3.8) is 0 Å².